The third-order valence-corrected chi connectivity index (χ3v) is 3.77. The lowest BCUT2D eigenvalue weighted by Crippen LogP contribution is -2.21. The van der Waals surface area contributed by atoms with Crippen molar-refractivity contribution in [2.24, 2.45) is 0 Å². The van der Waals surface area contributed by atoms with Gasteiger partial charge in [0, 0.05) is 15.7 Å². The molecule has 0 saturated carbocycles. The molecule has 0 bridgehead atoms. The second-order valence-corrected chi connectivity index (χ2v) is 6.14. The topological polar surface area (TPSA) is 58.2 Å². The van der Waals surface area contributed by atoms with Crippen molar-refractivity contribution >= 4 is 58.0 Å². The van der Waals surface area contributed by atoms with E-state index < -0.39 is 11.8 Å². The largest absolute Gasteiger partial charge is 0.325 e. The lowest BCUT2D eigenvalue weighted by molar-refractivity contribution is -0.123. The number of nitrogens with one attached hydrogen (secondary N) is 2. The van der Waals surface area contributed by atoms with Crippen LogP contribution in [0.2, 0.25) is 15.1 Å². The molecule has 0 saturated heterocycles. The second-order valence-electron chi connectivity index (χ2n) is 4.86. The minimum Gasteiger partial charge on any atom is -0.325 e. The summed E-state index contributed by atoms with van der Waals surface area (Å²) < 4.78 is 0. The number of benzene rings is 2. The summed E-state index contributed by atoms with van der Waals surface area (Å²) in [4.78, 5) is 23.8. The number of amides is 2. The van der Waals surface area contributed by atoms with Crippen molar-refractivity contribution in [1.29, 1.82) is 0 Å². The number of anilines is 2. The van der Waals surface area contributed by atoms with Crippen molar-refractivity contribution in [3.05, 3.63) is 57.0 Å². The van der Waals surface area contributed by atoms with Crippen LogP contribution in [0.1, 0.15) is 12.0 Å². The first-order chi connectivity index (χ1) is 10.8. The first kappa shape index (κ1) is 17.6. The van der Waals surface area contributed by atoms with E-state index in [2.05, 4.69) is 10.6 Å². The van der Waals surface area contributed by atoms with Crippen molar-refractivity contribution in [1.82, 2.24) is 0 Å². The number of aryl methyl sites for hydroxylation is 1. The summed E-state index contributed by atoms with van der Waals surface area (Å²) in [6, 6.07) is 9.76. The molecule has 0 aliphatic heterocycles. The lowest BCUT2D eigenvalue weighted by atomic mass is 10.2. The van der Waals surface area contributed by atoms with Gasteiger partial charge in [0.25, 0.3) is 0 Å². The van der Waals surface area contributed by atoms with Crippen LogP contribution in [-0.4, -0.2) is 11.8 Å². The van der Waals surface area contributed by atoms with E-state index >= 15 is 0 Å². The molecule has 0 aliphatic rings. The van der Waals surface area contributed by atoms with Crippen LogP contribution in [0.5, 0.6) is 0 Å². The second kappa shape index (κ2) is 7.68. The van der Waals surface area contributed by atoms with Gasteiger partial charge < -0.3 is 10.6 Å². The van der Waals surface area contributed by atoms with Crippen LogP contribution < -0.4 is 10.6 Å². The maximum atomic E-state index is 11.9. The predicted octanol–water partition coefficient (Wildman–Crippen LogP) is 4.92. The Bertz CT molecular complexity index is 699. The highest BCUT2D eigenvalue weighted by atomic mass is 35.5. The zero-order valence-electron chi connectivity index (χ0n) is 12.1. The molecule has 7 heteroatoms. The molecule has 0 atom stereocenters. The number of rotatable bonds is 4. The van der Waals surface area contributed by atoms with E-state index in [1.165, 1.54) is 6.07 Å². The zero-order chi connectivity index (χ0) is 17.0. The number of halogens is 3. The lowest BCUT2D eigenvalue weighted by Gasteiger charge is -2.10. The standard InChI is InChI=1S/C16H13Cl3N2O2/c1-9-6-10(17)2-4-13(9)20-15(22)8-16(23)21-14-5-3-11(18)7-12(14)19/h2-7H,8H2,1H3,(H,20,22)(H,21,23). The number of carbonyl (C=O) groups is 2. The molecule has 23 heavy (non-hydrogen) atoms. The van der Waals surface area contributed by atoms with Crippen LogP contribution in [-0.2, 0) is 9.59 Å². The Kier molecular flexibility index (Phi) is 5.88. The highest BCUT2D eigenvalue weighted by molar-refractivity contribution is 6.36. The quantitative estimate of drug-likeness (QED) is 0.749. The summed E-state index contributed by atoms with van der Waals surface area (Å²) in [5.74, 6) is -0.906. The first-order valence-corrected chi connectivity index (χ1v) is 7.79. The van der Waals surface area contributed by atoms with Crippen LogP contribution in [0.3, 0.4) is 0 Å². The average Bonchev–Trinajstić information content (AvgIpc) is 2.45. The van der Waals surface area contributed by atoms with Gasteiger partial charge in [-0.1, -0.05) is 34.8 Å². The van der Waals surface area contributed by atoms with Gasteiger partial charge in [0.05, 0.1) is 10.7 Å². The Morgan fingerprint density at radius 2 is 1.39 bits per heavy atom. The maximum absolute atomic E-state index is 11.9. The molecule has 2 amide bonds. The summed E-state index contributed by atoms with van der Waals surface area (Å²) in [7, 11) is 0. The van der Waals surface area contributed by atoms with E-state index in [4.69, 9.17) is 34.8 Å². The maximum Gasteiger partial charge on any atom is 0.233 e. The van der Waals surface area contributed by atoms with Crippen molar-refractivity contribution in [3.8, 4) is 0 Å². The summed E-state index contributed by atoms with van der Waals surface area (Å²) >= 11 is 17.6. The third-order valence-electron chi connectivity index (χ3n) is 2.99. The molecule has 0 aromatic heterocycles. The van der Waals surface area contributed by atoms with Gasteiger partial charge in [-0.25, -0.2) is 0 Å². The molecule has 120 valence electrons. The van der Waals surface area contributed by atoms with E-state index in [0.29, 0.717) is 26.4 Å². The predicted molar refractivity (Wildman–Crippen MR) is 94.5 cm³/mol. The van der Waals surface area contributed by atoms with Crippen molar-refractivity contribution in [2.75, 3.05) is 10.6 Å². The molecule has 0 unspecified atom stereocenters. The Labute approximate surface area is 148 Å². The fourth-order valence-electron chi connectivity index (χ4n) is 1.89. The van der Waals surface area contributed by atoms with Crippen molar-refractivity contribution in [3.63, 3.8) is 0 Å². The van der Waals surface area contributed by atoms with E-state index in [-0.39, 0.29) is 6.42 Å². The smallest absolute Gasteiger partial charge is 0.233 e. The molecule has 0 heterocycles. The van der Waals surface area contributed by atoms with Gasteiger partial charge >= 0.3 is 0 Å². The highest BCUT2D eigenvalue weighted by Gasteiger charge is 2.12. The molecule has 2 aromatic rings. The summed E-state index contributed by atoms with van der Waals surface area (Å²) in [6.07, 6.45) is -0.332. The van der Waals surface area contributed by atoms with E-state index in [1.807, 2.05) is 6.92 Å². The Morgan fingerprint density at radius 1 is 0.870 bits per heavy atom. The van der Waals surface area contributed by atoms with Crippen LogP contribution in [0.4, 0.5) is 11.4 Å². The van der Waals surface area contributed by atoms with Crippen LogP contribution in [0.15, 0.2) is 36.4 Å². The van der Waals surface area contributed by atoms with Gasteiger partial charge in [-0.05, 0) is 48.9 Å². The van der Waals surface area contributed by atoms with E-state index in [1.54, 1.807) is 30.3 Å². The van der Waals surface area contributed by atoms with Crippen LogP contribution in [0.25, 0.3) is 0 Å². The van der Waals surface area contributed by atoms with Gasteiger partial charge in [-0.2, -0.15) is 0 Å². The molecule has 4 nitrogen and oxygen atoms in total. The molecule has 0 aliphatic carbocycles. The van der Waals surface area contributed by atoms with Gasteiger partial charge in [0.15, 0.2) is 0 Å². The van der Waals surface area contributed by atoms with Crippen molar-refractivity contribution in [2.45, 2.75) is 13.3 Å². The third kappa shape index (κ3) is 5.13. The molecular weight excluding hydrogens is 359 g/mol. The number of carbonyl (C=O) groups excluding carboxylic acids is 2. The van der Waals surface area contributed by atoms with Gasteiger partial charge in [0.2, 0.25) is 11.8 Å². The van der Waals surface area contributed by atoms with Crippen molar-refractivity contribution < 1.29 is 9.59 Å². The molecular formula is C16H13Cl3N2O2. The van der Waals surface area contributed by atoms with Crippen LogP contribution >= 0.6 is 34.8 Å². The highest BCUT2D eigenvalue weighted by Crippen LogP contribution is 2.25. The van der Waals surface area contributed by atoms with Gasteiger partial charge in [0.1, 0.15) is 6.42 Å². The van der Waals surface area contributed by atoms with Gasteiger partial charge in [-0.3, -0.25) is 9.59 Å². The Balaban J connectivity index is 1.95. The molecule has 0 spiro atoms. The molecule has 0 radical (unpaired) electrons. The normalized spacial score (nSPS) is 10.3. The number of hydrogen-bond acceptors (Lipinski definition) is 2. The van der Waals surface area contributed by atoms with E-state index in [9.17, 15) is 9.59 Å². The molecule has 2 N–H and O–H groups in total. The summed E-state index contributed by atoms with van der Waals surface area (Å²) in [6.45, 7) is 1.81. The summed E-state index contributed by atoms with van der Waals surface area (Å²) in [5, 5.41) is 6.58. The molecule has 0 fully saturated rings. The number of hydrogen-bond donors (Lipinski definition) is 2. The average molecular weight is 372 g/mol. The minimum atomic E-state index is -0.474. The fraction of sp³-hybridized carbons (Fsp3) is 0.125. The Morgan fingerprint density at radius 3 is 1.96 bits per heavy atom. The zero-order valence-corrected chi connectivity index (χ0v) is 14.4. The van der Waals surface area contributed by atoms with Crippen LogP contribution in [0, 0.1) is 6.92 Å². The fourth-order valence-corrected chi connectivity index (χ4v) is 2.58. The Hall–Kier alpha value is -1.75. The minimum absolute atomic E-state index is 0.305. The SMILES string of the molecule is Cc1cc(Cl)ccc1NC(=O)CC(=O)Nc1ccc(Cl)cc1Cl. The molecule has 2 rings (SSSR count). The summed E-state index contributed by atoms with van der Waals surface area (Å²) in [5.41, 5.74) is 1.82. The monoisotopic (exact) mass is 370 g/mol. The first-order valence-electron chi connectivity index (χ1n) is 6.66. The van der Waals surface area contributed by atoms with Gasteiger partial charge in [-0.15, -0.1) is 0 Å². The van der Waals surface area contributed by atoms with E-state index in [0.717, 1.165) is 5.56 Å². The molecule has 2 aromatic carbocycles.